The molecule has 0 radical (unpaired) electrons. The van der Waals surface area contributed by atoms with Crippen LogP contribution in [0, 0.1) is 0 Å². The molecule has 3 N–H and O–H groups in total. The first-order valence-corrected chi connectivity index (χ1v) is 34.4. The number of aliphatic hydroxyl groups is 2. The highest BCUT2D eigenvalue weighted by molar-refractivity contribution is 5.76. The van der Waals surface area contributed by atoms with E-state index >= 15 is 0 Å². The van der Waals surface area contributed by atoms with Crippen molar-refractivity contribution in [2.75, 3.05) is 13.2 Å². The van der Waals surface area contributed by atoms with Gasteiger partial charge in [-0.25, -0.2) is 0 Å². The van der Waals surface area contributed by atoms with Crippen LogP contribution in [0.5, 0.6) is 0 Å². The Kier molecular flexibility index (Phi) is 64.5. The number of hydrogen-bond donors (Lipinski definition) is 3. The Hall–Kier alpha value is -2.18. The molecule has 6 heteroatoms. The molecule has 0 fully saturated rings. The predicted molar refractivity (Wildman–Crippen MR) is 338 cm³/mol. The molecule has 0 rings (SSSR count). The third-order valence-corrected chi connectivity index (χ3v) is 15.9. The van der Waals surface area contributed by atoms with Crippen LogP contribution in [0.25, 0.3) is 0 Å². The highest BCUT2D eigenvalue weighted by atomic mass is 16.5. The Morgan fingerprint density at radius 2 is 0.688 bits per heavy atom. The molecule has 452 valence electrons. The molecule has 0 aromatic rings. The van der Waals surface area contributed by atoms with Crippen LogP contribution in [0.1, 0.15) is 367 Å². The van der Waals surface area contributed by atoms with E-state index in [1.807, 2.05) is 0 Å². The molecule has 0 aliphatic rings. The molecule has 0 saturated carbocycles. The van der Waals surface area contributed by atoms with Gasteiger partial charge in [0, 0.05) is 12.8 Å². The first-order chi connectivity index (χ1) is 38.0. The van der Waals surface area contributed by atoms with Crippen molar-refractivity contribution >= 4 is 11.9 Å². The minimum absolute atomic E-state index is 0.0263. The number of aliphatic hydroxyl groups excluding tert-OH is 2. The number of amides is 1. The van der Waals surface area contributed by atoms with Gasteiger partial charge in [-0.05, 0) is 89.9 Å². The molecule has 2 atom stereocenters. The second-order valence-electron chi connectivity index (χ2n) is 23.5. The van der Waals surface area contributed by atoms with Crippen LogP contribution >= 0.6 is 0 Å². The van der Waals surface area contributed by atoms with Crippen molar-refractivity contribution in [2.24, 2.45) is 0 Å². The molecule has 0 heterocycles. The van der Waals surface area contributed by atoms with Crippen molar-refractivity contribution in [3.05, 3.63) is 48.6 Å². The summed E-state index contributed by atoms with van der Waals surface area (Å²) in [4.78, 5) is 24.6. The number of carbonyl (C=O) groups excluding carboxylic acids is 2. The third kappa shape index (κ3) is 62.9. The molecule has 0 aromatic heterocycles. The number of rotatable bonds is 64. The van der Waals surface area contributed by atoms with Crippen LogP contribution in [0.15, 0.2) is 48.6 Å². The zero-order valence-corrected chi connectivity index (χ0v) is 51.7. The van der Waals surface area contributed by atoms with E-state index < -0.39 is 12.1 Å². The molecule has 1 amide bonds. The van der Waals surface area contributed by atoms with Gasteiger partial charge in [-0.1, -0.05) is 313 Å². The van der Waals surface area contributed by atoms with E-state index in [9.17, 15) is 19.8 Å². The van der Waals surface area contributed by atoms with Crippen LogP contribution in [0.4, 0.5) is 0 Å². The first kappa shape index (κ1) is 74.8. The Balaban J connectivity index is 3.47. The van der Waals surface area contributed by atoms with Crippen LogP contribution < -0.4 is 5.32 Å². The van der Waals surface area contributed by atoms with Gasteiger partial charge in [0.25, 0.3) is 0 Å². The molecule has 0 aromatic carbocycles. The van der Waals surface area contributed by atoms with Crippen molar-refractivity contribution in [3.63, 3.8) is 0 Å². The van der Waals surface area contributed by atoms with E-state index in [1.165, 1.54) is 257 Å². The number of nitrogens with one attached hydrogen (secondary N) is 1. The minimum Gasteiger partial charge on any atom is -0.466 e. The van der Waals surface area contributed by atoms with Crippen molar-refractivity contribution in [1.82, 2.24) is 5.32 Å². The lowest BCUT2D eigenvalue weighted by Crippen LogP contribution is -2.45. The molecule has 0 saturated heterocycles. The van der Waals surface area contributed by atoms with E-state index in [4.69, 9.17) is 4.74 Å². The Bertz CT molecular complexity index is 1290. The lowest BCUT2D eigenvalue weighted by Gasteiger charge is -2.22. The first-order valence-electron chi connectivity index (χ1n) is 34.4. The fourth-order valence-corrected chi connectivity index (χ4v) is 10.6. The number of unbranched alkanes of at least 4 members (excludes halogenated alkanes) is 46. The topological polar surface area (TPSA) is 95.9 Å². The fraction of sp³-hybridized carbons (Fsp3) is 0.859. The Morgan fingerprint density at radius 1 is 0.377 bits per heavy atom. The molecule has 6 nitrogen and oxygen atoms in total. The van der Waals surface area contributed by atoms with Gasteiger partial charge in [-0.3, -0.25) is 9.59 Å². The summed E-state index contributed by atoms with van der Waals surface area (Å²) in [6.45, 7) is 4.91. The summed E-state index contributed by atoms with van der Waals surface area (Å²) in [5, 5.41) is 23.4. The largest absolute Gasteiger partial charge is 0.466 e. The Labute approximate surface area is 480 Å². The van der Waals surface area contributed by atoms with E-state index in [2.05, 4.69) is 67.8 Å². The number of esters is 1. The molecule has 0 aliphatic heterocycles. The maximum atomic E-state index is 12.5. The summed E-state index contributed by atoms with van der Waals surface area (Å²) in [6.07, 6.45) is 85.7. The van der Waals surface area contributed by atoms with Gasteiger partial charge in [-0.15, -0.1) is 0 Å². The second kappa shape index (κ2) is 66.3. The lowest BCUT2D eigenvalue weighted by molar-refractivity contribution is -0.143. The monoisotopic (exact) mass is 1080 g/mol. The summed E-state index contributed by atoms with van der Waals surface area (Å²) < 4.78 is 5.46. The Morgan fingerprint density at radius 3 is 1.08 bits per heavy atom. The smallest absolute Gasteiger partial charge is 0.305 e. The molecule has 0 bridgehead atoms. The molecular weight excluding hydrogens is 947 g/mol. The summed E-state index contributed by atoms with van der Waals surface area (Å²) in [6, 6.07) is -0.552. The van der Waals surface area contributed by atoms with E-state index in [-0.39, 0.29) is 18.5 Å². The van der Waals surface area contributed by atoms with Gasteiger partial charge in [0.2, 0.25) is 5.91 Å². The molecule has 0 spiro atoms. The highest BCUT2D eigenvalue weighted by Gasteiger charge is 2.20. The van der Waals surface area contributed by atoms with Gasteiger partial charge >= 0.3 is 5.97 Å². The van der Waals surface area contributed by atoms with Crippen LogP contribution in [0.3, 0.4) is 0 Å². The summed E-state index contributed by atoms with van der Waals surface area (Å²) >= 11 is 0. The van der Waals surface area contributed by atoms with Crippen LogP contribution in [-0.2, 0) is 14.3 Å². The number of carbonyl (C=O) groups is 2. The maximum Gasteiger partial charge on any atom is 0.305 e. The van der Waals surface area contributed by atoms with Crippen LogP contribution in [0.2, 0.25) is 0 Å². The summed E-state index contributed by atoms with van der Waals surface area (Å²) in [7, 11) is 0. The zero-order chi connectivity index (χ0) is 55.7. The minimum atomic E-state index is -0.674. The van der Waals surface area contributed by atoms with Crippen LogP contribution in [-0.4, -0.2) is 47.4 Å². The van der Waals surface area contributed by atoms with Crippen molar-refractivity contribution in [3.8, 4) is 0 Å². The van der Waals surface area contributed by atoms with E-state index in [1.54, 1.807) is 0 Å². The van der Waals surface area contributed by atoms with Crippen molar-refractivity contribution in [2.45, 2.75) is 379 Å². The molecule has 2 unspecified atom stereocenters. The van der Waals surface area contributed by atoms with Gasteiger partial charge in [-0.2, -0.15) is 0 Å². The fourth-order valence-electron chi connectivity index (χ4n) is 10.6. The van der Waals surface area contributed by atoms with E-state index in [0.29, 0.717) is 25.9 Å². The van der Waals surface area contributed by atoms with E-state index in [0.717, 1.165) is 77.0 Å². The third-order valence-electron chi connectivity index (χ3n) is 15.9. The SMILES string of the molecule is CCCCCC/C=C\C/C=C\CCCCCCCC(=O)OCCCCC/C=C\C=C/CCCCCCCCCCCCC(=O)NC(CO)C(O)CCCCCCCCCCCCCCCCCCCCCCCCCCC. The molecular formula is C71H133NO5. The standard InChI is InChI=1S/C71H133NO5/c1-3-5-7-9-11-13-15-17-19-21-22-23-24-25-26-27-29-32-35-39-43-47-51-55-59-63-69(74)68(67-73)72-70(75)64-60-56-52-48-44-40-36-33-30-28-31-34-38-42-46-50-54-58-62-66-77-71(76)65-61-57-53-49-45-41-37-20-18-16-14-12-10-8-6-4-2/h14,16,20,34,37-38,42,46,68-69,73-74H,3-13,15,17-19,21-33,35-36,39-41,43-45,47-67H2,1-2H3,(H,72,75)/b16-14-,37-20-,38-34-,46-42-. The van der Waals surface area contributed by atoms with Crippen molar-refractivity contribution < 1.29 is 24.5 Å². The lowest BCUT2D eigenvalue weighted by atomic mass is 10.0. The van der Waals surface area contributed by atoms with Crippen molar-refractivity contribution in [1.29, 1.82) is 0 Å². The van der Waals surface area contributed by atoms with Gasteiger partial charge in [0.05, 0.1) is 25.4 Å². The molecule has 0 aliphatic carbocycles. The predicted octanol–water partition coefficient (Wildman–Crippen LogP) is 22.1. The summed E-state index contributed by atoms with van der Waals surface area (Å²) in [5.41, 5.74) is 0. The zero-order valence-electron chi connectivity index (χ0n) is 51.7. The second-order valence-corrected chi connectivity index (χ2v) is 23.5. The number of ether oxygens (including phenoxy) is 1. The van der Waals surface area contributed by atoms with Gasteiger partial charge in [0.1, 0.15) is 0 Å². The number of allylic oxidation sites excluding steroid dienone is 8. The average Bonchev–Trinajstić information content (AvgIpc) is 3.43. The normalized spacial score (nSPS) is 12.8. The average molecular weight is 1080 g/mol. The number of hydrogen-bond acceptors (Lipinski definition) is 5. The summed E-state index contributed by atoms with van der Waals surface area (Å²) in [5.74, 6) is -0.0682. The quantitative estimate of drug-likeness (QED) is 0.0244. The highest BCUT2D eigenvalue weighted by Crippen LogP contribution is 2.18. The van der Waals surface area contributed by atoms with Gasteiger partial charge in [0.15, 0.2) is 0 Å². The van der Waals surface area contributed by atoms with Gasteiger partial charge < -0.3 is 20.3 Å². The molecule has 77 heavy (non-hydrogen) atoms. The maximum absolute atomic E-state index is 12.5.